The number of hydrogen-bond acceptors (Lipinski definition) is 1. The van der Waals surface area contributed by atoms with Crippen LogP contribution >= 0.6 is 11.6 Å². The van der Waals surface area contributed by atoms with E-state index in [4.69, 9.17) is 11.6 Å². The first-order valence-corrected chi connectivity index (χ1v) is 9.00. The maximum Gasteiger partial charge on any atom is 0.287 e. The van der Waals surface area contributed by atoms with Crippen LogP contribution in [0, 0.1) is 6.92 Å². The van der Waals surface area contributed by atoms with Gasteiger partial charge in [-0.05, 0) is 31.2 Å². The fourth-order valence-electron chi connectivity index (χ4n) is 2.83. The van der Waals surface area contributed by atoms with E-state index in [0.29, 0.717) is 11.6 Å². The van der Waals surface area contributed by atoms with Crippen LogP contribution < -0.4 is 10.6 Å². The van der Waals surface area contributed by atoms with Crippen molar-refractivity contribution in [1.29, 1.82) is 0 Å². The SMILES string of the molecule is Cc1ccc(NC(=O)[C@H]([NH2+]Cc2cccc(Cl)c2)c2ccccc2)cc1. The Hall–Kier alpha value is -2.62. The third-order valence-corrected chi connectivity index (χ3v) is 4.47. The second-order valence-corrected chi connectivity index (χ2v) is 6.75. The van der Waals surface area contributed by atoms with E-state index in [1.54, 1.807) is 0 Å². The molecule has 1 amide bonds. The second-order valence-electron chi connectivity index (χ2n) is 6.31. The average molecular weight is 366 g/mol. The van der Waals surface area contributed by atoms with Crippen LogP contribution in [0.15, 0.2) is 78.9 Å². The molecule has 0 radical (unpaired) electrons. The average Bonchev–Trinajstić information content (AvgIpc) is 2.65. The van der Waals surface area contributed by atoms with Crippen LogP contribution in [-0.2, 0) is 11.3 Å². The van der Waals surface area contributed by atoms with E-state index in [0.717, 1.165) is 22.4 Å². The van der Waals surface area contributed by atoms with Gasteiger partial charge in [-0.1, -0.05) is 71.8 Å². The molecule has 0 heterocycles. The molecular formula is C22H22ClN2O+. The number of halogens is 1. The summed E-state index contributed by atoms with van der Waals surface area (Å²) in [6, 6.07) is 25.0. The Morgan fingerprint density at radius 1 is 1.00 bits per heavy atom. The zero-order valence-electron chi connectivity index (χ0n) is 14.7. The standard InChI is InChI=1S/C22H21ClN2O/c1-16-10-12-20(13-11-16)25-22(26)21(18-7-3-2-4-8-18)24-15-17-6-5-9-19(23)14-17/h2-14,21,24H,15H2,1H3,(H,25,26)/p+1/t21-/m1/s1. The predicted molar refractivity (Wildman–Crippen MR) is 106 cm³/mol. The highest BCUT2D eigenvalue weighted by molar-refractivity contribution is 6.30. The zero-order valence-corrected chi connectivity index (χ0v) is 15.4. The third kappa shape index (κ3) is 4.94. The summed E-state index contributed by atoms with van der Waals surface area (Å²) in [5.41, 5.74) is 4.02. The molecule has 3 aromatic rings. The Kier molecular flexibility index (Phi) is 6.05. The summed E-state index contributed by atoms with van der Waals surface area (Å²) >= 11 is 6.07. The molecule has 3 nitrogen and oxygen atoms in total. The number of nitrogens with two attached hydrogens (primary N) is 1. The Morgan fingerprint density at radius 3 is 2.42 bits per heavy atom. The van der Waals surface area contributed by atoms with Crippen LogP contribution in [0.5, 0.6) is 0 Å². The molecule has 0 unspecified atom stereocenters. The van der Waals surface area contributed by atoms with Gasteiger partial charge in [0, 0.05) is 21.8 Å². The largest absolute Gasteiger partial charge is 0.328 e. The van der Waals surface area contributed by atoms with Crippen molar-refractivity contribution in [3.8, 4) is 0 Å². The molecule has 26 heavy (non-hydrogen) atoms. The lowest BCUT2D eigenvalue weighted by Gasteiger charge is -2.16. The number of anilines is 1. The first-order chi connectivity index (χ1) is 12.6. The van der Waals surface area contributed by atoms with Gasteiger partial charge in [-0.25, -0.2) is 0 Å². The summed E-state index contributed by atoms with van der Waals surface area (Å²) in [4.78, 5) is 12.9. The number of hydrogen-bond donors (Lipinski definition) is 2. The molecule has 4 heteroatoms. The van der Waals surface area contributed by atoms with Crippen molar-refractivity contribution in [1.82, 2.24) is 0 Å². The number of nitrogens with one attached hydrogen (secondary N) is 1. The summed E-state index contributed by atoms with van der Waals surface area (Å²) in [6.07, 6.45) is 0. The minimum Gasteiger partial charge on any atom is -0.328 e. The van der Waals surface area contributed by atoms with Crippen LogP contribution in [-0.4, -0.2) is 5.91 Å². The molecule has 3 aromatic carbocycles. The van der Waals surface area contributed by atoms with Gasteiger partial charge >= 0.3 is 0 Å². The molecule has 0 aliphatic rings. The molecule has 0 saturated heterocycles. The smallest absolute Gasteiger partial charge is 0.287 e. The van der Waals surface area contributed by atoms with Crippen LogP contribution in [0.3, 0.4) is 0 Å². The number of benzene rings is 3. The van der Waals surface area contributed by atoms with Gasteiger partial charge in [0.2, 0.25) is 0 Å². The van der Waals surface area contributed by atoms with Gasteiger partial charge in [0.1, 0.15) is 6.54 Å². The van der Waals surface area contributed by atoms with Crippen LogP contribution in [0.4, 0.5) is 5.69 Å². The maximum atomic E-state index is 12.9. The lowest BCUT2D eigenvalue weighted by atomic mass is 10.1. The molecule has 3 N–H and O–H groups in total. The number of carbonyl (C=O) groups is 1. The monoisotopic (exact) mass is 365 g/mol. The van der Waals surface area contributed by atoms with Gasteiger partial charge in [0.15, 0.2) is 6.04 Å². The highest BCUT2D eigenvalue weighted by Crippen LogP contribution is 2.15. The van der Waals surface area contributed by atoms with Crippen molar-refractivity contribution >= 4 is 23.2 Å². The van der Waals surface area contributed by atoms with Crippen molar-refractivity contribution in [3.05, 3.63) is 101 Å². The first kappa shape index (κ1) is 18.2. The summed E-state index contributed by atoms with van der Waals surface area (Å²) in [7, 11) is 0. The number of aryl methyl sites for hydroxylation is 1. The molecule has 0 saturated carbocycles. The number of amides is 1. The van der Waals surface area contributed by atoms with Gasteiger partial charge in [-0.2, -0.15) is 0 Å². The lowest BCUT2D eigenvalue weighted by molar-refractivity contribution is -0.697. The van der Waals surface area contributed by atoms with E-state index < -0.39 is 0 Å². The molecule has 132 valence electrons. The van der Waals surface area contributed by atoms with Crippen molar-refractivity contribution < 1.29 is 10.1 Å². The highest BCUT2D eigenvalue weighted by Gasteiger charge is 2.24. The number of quaternary nitrogens is 1. The van der Waals surface area contributed by atoms with Crippen molar-refractivity contribution in [2.75, 3.05) is 5.32 Å². The topological polar surface area (TPSA) is 45.7 Å². The van der Waals surface area contributed by atoms with E-state index >= 15 is 0 Å². The third-order valence-electron chi connectivity index (χ3n) is 4.24. The van der Waals surface area contributed by atoms with Gasteiger partial charge in [-0.3, -0.25) is 4.79 Å². The van der Waals surface area contributed by atoms with Gasteiger partial charge in [0.05, 0.1) is 0 Å². The molecular weight excluding hydrogens is 344 g/mol. The van der Waals surface area contributed by atoms with E-state index in [-0.39, 0.29) is 11.9 Å². The lowest BCUT2D eigenvalue weighted by Crippen LogP contribution is -2.85. The Labute approximate surface area is 159 Å². The minimum absolute atomic E-state index is 0.0397. The molecule has 1 atom stereocenters. The molecule has 0 aliphatic heterocycles. The zero-order chi connectivity index (χ0) is 18.4. The molecule has 0 bridgehead atoms. The Bertz CT molecular complexity index is 863. The molecule has 0 aromatic heterocycles. The second kappa shape index (κ2) is 8.65. The van der Waals surface area contributed by atoms with E-state index in [9.17, 15) is 4.79 Å². The minimum atomic E-state index is -0.337. The molecule has 0 aliphatic carbocycles. The molecule has 3 rings (SSSR count). The van der Waals surface area contributed by atoms with Gasteiger partial charge in [-0.15, -0.1) is 0 Å². The molecule has 0 spiro atoms. The summed E-state index contributed by atoms with van der Waals surface area (Å²) in [5, 5.41) is 5.76. The van der Waals surface area contributed by atoms with Crippen molar-refractivity contribution in [2.45, 2.75) is 19.5 Å². The van der Waals surface area contributed by atoms with Crippen LogP contribution in [0.1, 0.15) is 22.7 Å². The van der Waals surface area contributed by atoms with E-state index in [1.165, 1.54) is 0 Å². The maximum absolute atomic E-state index is 12.9. The van der Waals surface area contributed by atoms with Crippen LogP contribution in [0.25, 0.3) is 0 Å². The summed E-state index contributed by atoms with van der Waals surface area (Å²) in [6.45, 7) is 2.69. The number of carbonyl (C=O) groups excluding carboxylic acids is 1. The number of rotatable bonds is 6. The Morgan fingerprint density at radius 2 is 1.73 bits per heavy atom. The summed E-state index contributed by atoms with van der Waals surface area (Å²) < 4.78 is 0. The van der Waals surface area contributed by atoms with Crippen molar-refractivity contribution in [3.63, 3.8) is 0 Å². The summed E-state index contributed by atoms with van der Waals surface area (Å²) in [5.74, 6) is -0.0397. The predicted octanol–water partition coefficient (Wildman–Crippen LogP) is 4.09. The van der Waals surface area contributed by atoms with Gasteiger partial charge < -0.3 is 10.6 Å². The van der Waals surface area contributed by atoms with E-state index in [2.05, 4.69) is 5.32 Å². The fraction of sp³-hybridized carbons (Fsp3) is 0.136. The van der Waals surface area contributed by atoms with Crippen LogP contribution in [0.2, 0.25) is 5.02 Å². The molecule has 0 fully saturated rings. The quantitative estimate of drug-likeness (QED) is 0.679. The van der Waals surface area contributed by atoms with Crippen molar-refractivity contribution in [2.24, 2.45) is 0 Å². The highest BCUT2D eigenvalue weighted by atomic mass is 35.5. The first-order valence-electron chi connectivity index (χ1n) is 8.62. The normalized spacial score (nSPS) is 11.8. The van der Waals surface area contributed by atoms with E-state index in [1.807, 2.05) is 91.1 Å². The Balaban J connectivity index is 1.76. The van der Waals surface area contributed by atoms with Gasteiger partial charge in [0.25, 0.3) is 5.91 Å². The fourth-order valence-corrected chi connectivity index (χ4v) is 3.04.